The molecule has 0 fully saturated rings. The van der Waals surface area contributed by atoms with Crippen molar-refractivity contribution in [3.05, 3.63) is 5.21 Å². The second kappa shape index (κ2) is 3.76. The average Bonchev–Trinajstić information content (AvgIpc) is 1.82. The number of nitrogens with zero attached hydrogens (tertiary/aromatic N) is 1. The number of rotatable bonds is 3. The lowest BCUT2D eigenvalue weighted by atomic mass is 10.2. The zero-order valence-electron chi connectivity index (χ0n) is 5.79. The molecule has 56 valence electrons. The van der Waals surface area contributed by atoms with E-state index in [0.717, 1.165) is 0 Å². The average molecular weight is 143 g/mol. The Morgan fingerprint density at radius 3 is 2.30 bits per heavy atom. The molecule has 0 aromatic heterocycles. The van der Waals surface area contributed by atoms with Gasteiger partial charge in [0.25, 0.3) is 0 Å². The standard InChI is InChI=1S/C6H9NO3/c1-5(8)3-4-6(9)7(2)10/h2-4H2,1H3. The Morgan fingerprint density at radius 1 is 1.50 bits per heavy atom. The second-order valence-corrected chi connectivity index (χ2v) is 1.97. The van der Waals surface area contributed by atoms with E-state index in [-0.39, 0.29) is 23.4 Å². The molecule has 4 nitrogen and oxygen atoms in total. The van der Waals surface area contributed by atoms with Gasteiger partial charge in [0.05, 0.1) is 6.42 Å². The van der Waals surface area contributed by atoms with Crippen LogP contribution in [0.4, 0.5) is 0 Å². The van der Waals surface area contributed by atoms with Gasteiger partial charge in [-0.1, -0.05) is 0 Å². The minimum atomic E-state index is -0.657. The number of hydrogen-bond donors (Lipinski definition) is 0. The highest BCUT2D eigenvalue weighted by Gasteiger charge is 2.08. The van der Waals surface area contributed by atoms with E-state index >= 15 is 0 Å². The van der Waals surface area contributed by atoms with Crippen molar-refractivity contribution in [1.82, 2.24) is 0 Å². The Balaban J connectivity index is 3.60. The number of hydroxylamine groups is 1. The van der Waals surface area contributed by atoms with Gasteiger partial charge in [0.15, 0.2) is 0 Å². The van der Waals surface area contributed by atoms with E-state index in [1.54, 1.807) is 0 Å². The van der Waals surface area contributed by atoms with Gasteiger partial charge in [-0.25, -0.2) is 4.79 Å². The van der Waals surface area contributed by atoms with Gasteiger partial charge in [-0.2, -0.15) is 0 Å². The Bertz CT molecular complexity index is 174. The van der Waals surface area contributed by atoms with Crippen LogP contribution in [0.2, 0.25) is 0 Å². The number of carbonyl (C=O) groups is 2. The molecule has 0 bridgehead atoms. The highest BCUT2D eigenvalue weighted by molar-refractivity contribution is 5.80. The quantitative estimate of drug-likeness (QED) is 0.243. The molecule has 0 aliphatic carbocycles. The predicted molar refractivity (Wildman–Crippen MR) is 35.7 cm³/mol. The molecule has 1 amide bonds. The molecule has 0 aromatic carbocycles. The summed E-state index contributed by atoms with van der Waals surface area (Å²) in [6.07, 6.45) is 0.0788. The molecule has 0 radical (unpaired) electrons. The SMILES string of the molecule is C=[N+]([O-])C(=O)CCC(C)=O. The first kappa shape index (κ1) is 8.81. The molecule has 0 aliphatic rings. The van der Waals surface area contributed by atoms with E-state index in [1.807, 2.05) is 0 Å². The van der Waals surface area contributed by atoms with Gasteiger partial charge < -0.3 is 10.0 Å². The molecule has 0 spiro atoms. The fraction of sp³-hybridized carbons (Fsp3) is 0.500. The van der Waals surface area contributed by atoms with Gasteiger partial charge in [0.1, 0.15) is 12.5 Å². The summed E-state index contributed by atoms with van der Waals surface area (Å²) in [6.45, 7) is 4.20. The van der Waals surface area contributed by atoms with Crippen molar-refractivity contribution in [2.45, 2.75) is 19.8 Å². The maximum atomic E-state index is 10.4. The Morgan fingerprint density at radius 2 is 2.00 bits per heavy atom. The highest BCUT2D eigenvalue weighted by Crippen LogP contribution is 1.91. The van der Waals surface area contributed by atoms with Crippen LogP contribution in [0.25, 0.3) is 0 Å². The molecule has 4 heteroatoms. The zero-order valence-corrected chi connectivity index (χ0v) is 5.79. The molecular formula is C6H9NO3. The summed E-state index contributed by atoms with van der Waals surface area (Å²) in [5.41, 5.74) is 0. The topological polar surface area (TPSA) is 60.2 Å². The summed E-state index contributed by atoms with van der Waals surface area (Å²) in [6, 6.07) is 0. The lowest BCUT2D eigenvalue weighted by Crippen LogP contribution is -2.12. The van der Waals surface area contributed by atoms with Crippen molar-refractivity contribution in [2.75, 3.05) is 0 Å². The first-order valence-electron chi connectivity index (χ1n) is 2.84. The lowest BCUT2D eigenvalue weighted by Gasteiger charge is -1.95. The van der Waals surface area contributed by atoms with Crippen LogP contribution in [0.5, 0.6) is 0 Å². The van der Waals surface area contributed by atoms with E-state index in [9.17, 15) is 14.8 Å². The number of carbonyl (C=O) groups excluding carboxylic acids is 2. The molecule has 0 aromatic rings. The molecule has 0 saturated carbocycles. The van der Waals surface area contributed by atoms with Gasteiger partial charge in [-0.3, -0.25) is 0 Å². The third-order valence-electron chi connectivity index (χ3n) is 0.969. The van der Waals surface area contributed by atoms with E-state index in [4.69, 9.17) is 0 Å². The van der Waals surface area contributed by atoms with Crippen LogP contribution in [0, 0.1) is 5.21 Å². The van der Waals surface area contributed by atoms with Crippen LogP contribution < -0.4 is 0 Å². The van der Waals surface area contributed by atoms with E-state index in [2.05, 4.69) is 6.72 Å². The highest BCUT2D eigenvalue weighted by atomic mass is 16.5. The maximum Gasteiger partial charge on any atom is 0.397 e. The van der Waals surface area contributed by atoms with Crippen LogP contribution in [0.1, 0.15) is 19.8 Å². The van der Waals surface area contributed by atoms with E-state index < -0.39 is 5.91 Å². The summed E-state index contributed by atoms with van der Waals surface area (Å²) in [7, 11) is 0. The predicted octanol–water partition coefficient (Wildman–Crippen LogP) is 0.0931. The first-order chi connectivity index (χ1) is 4.54. The second-order valence-electron chi connectivity index (χ2n) is 1.97. The Labute approximate surface area is 58.7 Å². The minimum absolute atomic E-state index is 0.0110. The fourth-order valence-electron chi connectivity index (χ4n) is 0.408. The molecule has 0 heterocycles. The smallest absolute Gasteiger partial charge is 0.397 e. The van der Waals surface area contributed by atoms with E-state index in [1.165, 1.54) is 6.92 Å². The number of amides is 1. The van der Waals surface area contributed by atoms with Crippen LogP contribution in [-0.4, -0.2) is 23.1 Å². The summed E-state index contributed by atoms with van der Waals surface area (Å²) >= 11 is 0. The van der Waals surface area contributed by atoms with Crippen molar-refractivity contribution < 1.29 is 14.3 Å². The van der Waals surface area contributed by atoms with Gasteiger partial charge >= 0.3 is 5.91 Å². The van der Waals surface area contributed by atoms with Crippen molar-refractivity contribution in [3.63, 3.8) is 0 Å². The van der Waals surface area contributed by atoms with Gasteiger partial charge in [0.2, 0.25) is 0 Å². The lowest BCUT2D eigenvalue weighted by molar-refractivity contribution is -0.373. The number of hydrogen-bond acceptors (Lipinski definition) is 3. The van der Waals surface area contributed by atoms with Crippen LogP contribution in [0.15, 0.2) is 0 Å². The van der Waals surface area contributed by atoms with Crippen LogP contribution in [0.3, 0.4) is 0 Å². The fourth-order valence-corrected chi connectivity index (χ4v) is 0.408. The van der Waals surface area contributed by atoms with E-state index in [0.29, 0.717) is 0 Å². The molecule has 0 saturated heterocycles. The number of ketones is 1. The third kappa shape index (κ3) is 3.77. The summed E-state index contributed by atoms with van der Waals surface area (Å²) < 4.78 is -0.0110. The van der Waals surface area contributed by atoms with Crippen molar-refractivity contribution in [3.8, 4) is 0 Å². The summed E-state index contributed by atoms with van der Waals surface area (Å²) in [4.78, 5) is 20.7. The number of Topliss-reactive ketones (excluding diaryl/α,β-unsaturated/α-hetero) is 1. The summed E-state index contributed by atoms with van der Waals surface area (Å²) in [5, 5.41) is 10.1. The maximum absolute atomic E-state index is 10.4. The molecule has 0 N–H and O–H groups in total. The van der Waals surface area contributed by atoms with Crippen LogP contribution >= 0.6 is 0 Å². The first-order valence-corrected chi connectivity index (χ1v) is 2.84. The zero-order chi connectivity index (χ0) is 8.15. The molecule has 0 unspecified atom stereocenters. The molecule has 0 rings (SSSR count). The molecule has 0 aliphatic heterocycles. The molecule has 0 atom stereocenters. The Hall–Kier alpha value is -1.19. The largest absolute Gasteiger partial charge is 0.617 e. The van der Waals surface area contributed by atoms with Gasteiger partial charge in [-0.05, 0) is 6.92 Å². The minimum Gasteiger partial charge on any atom is -0.617 e. The third-order valence-corrected chi connectivity index (χ3v) is 0.969. The van der Waals surface area contributed by atoms with Gasteiger partial charge in [-0.15, -0.1) is 4.74 Å². The molecule has 10 heavy (non-hydrogen) atoms. The molecular weight excluding hydrogens is 134 g/mol. The van der Waals surface area contributed by atoms with Crippen molar-refractivity contribution in [2.24, 2.45) is 0 Å². The summed E-state index contributed by atoms with van der Waals surface area (Å²) in [5.74, 6) is -0.759. The van der Waals surface area contributed by atoms with Crippen molar-refractivity contribution in [1.29, 1.82) is 0 Å². The van der Waals surface area contributed by atoms with Crippen molar-refractivity contribution >= 4 is 18.4 Å². The Kier molecular flexibility index (Phi) is 3.32. The van der Waals surface area contributed by atoms with Crippen LogP contribution in [-0.2, 0) is 9.59 Å². The monoisotopic (exact) mass is 143 g/mol. The normalized spacial score (nSPS) is 8.90. The van der Waals surface area contributed by atoms with Gasteiger partial charge in [0, 0.05) is 6.42 Å².